The van der Waals surface area contributed by atoms with E-state index in [9.17, 15) is 23.1 Å². The number of hydrogen-bond donors (Lipinski definition) is 2. The molecule has 6 nitrogen and oxygen atoms in total. The number of aromatic nitrogens is 2. The van der Waals surface area contributed by atoms with Gasteiger partial charge in [0.05, 0.1) is 0 Å². The van der Waals surface area contributed by atoms with Crippen LogP contribution in [0.1, 0.15) is 28.4 Å². The summed E-state index contributed by atoms with van der Waals surface area (Å²) in [5.74, 6) is -0.927. The Morgan fingerprint density at radius 1 is 1.39 bits per heavy atom. The Morgan fingerprint density at radius 3 is 2.57 bits per heavy atom. The van der Waals surface area contributed by atoms with Gasteiger partial charge in [-0.15, -0.1) is 0 Å². The second-order valence-corrected chi connectivity index (χ2v) is 5.11. The van der Waals surface area contributed by atoms with E-state index in [-0.39, 0.29) is 18.0 Å². The summed E-state index contributed by atoms with van der Waals surface area (Å²) in [6, 6.07) is 3.84. The summed E-state index contributed by atoms with van der Waals surface area (Å²) >= 11 is 0. The van der Waals surface area contributed by atoms with Gasteiger partial charge in [0.1, 0.15) is 17.2 Å². The maximum atomic E-state index is 13.2. The number of halogens is 3. The predicted molar refractivity (Wildman–Crippen MR) is 73.6 cm³/mol. The van der Waals surface area contributed by atoms with Gasteiger partial charge in [-0.1, -0.05) is 0 Å². The van der Waals surface area contributed by atoms with E-state index in [1.807, 2.05) is 0 Å². The number of aliphatic hydroxyl groups is 1. The Bertz CT molecular complexity index is 693. The average Bonchev–Trinajstić information content (AvgIpc) is 3.06. The van der Waals surface area contributed by atoms with Crippen LogP contribution in [0, 0.1) is 6.92 Å². The van der Waals surface area contributed by atoms with Crippen LogP contribution in [-0.4, -0.2) is 33.5 Å². The summed E-state index contributed by atoms with van der Waals surface area (Å²) in [6.45, 7) is 1.09. The van der Waals surface area contributed by atoms with Crippen molar-refractivity contribution in [2.45, 2.75) is 25.1 Å². The van der Waals surface area contributed by atoms with Gasteiger partial charge < -0.3 is 14.8 Å². The van der Waals surface area contributed by atoms with Crippen LogP contribution in [-0.2, 0) is 12.6 Å². The molecule has 0 radical (unpaired) electrons. The number of aryl methyl sites for hydroxylation is 2. The van der Waals surface area contributed by atoms with Gasteiger partial charge in [0, 0.05) is 26.2 Å². The maximum absolute atomic E-state index is 13.2. The van der Waals surface area contributed by atoms with E-state index in [2.05, 4.69) is 10.4 Å². The molecule has 2 rings (SSSR count). The summed E-state index contributed by atoms with van der Waals surface area (Å²) in [6.07, 6.45) is -4.31. The lowest BCUT2D eigenvalue weighted by atomic mass is 9.95. The van der Waals surface area contributed by atoms with Gasteiger partial charge in [-0.25, -0.2) is 0 Å². The standard InChI is InChI=1S/C14H16F3N3O3/c1-9-3-4-11(23-9)13(22,14(15,16)17)6-8-18-12(21)10-5-7-19-20(10)2/h3-5,7,22H,6,8H2,1-2H3,(H,18,21). The number of rotatable bonds is 5. The molecule has 0 saturated heterocycles. The van der Waals surface area contributed by atoms with Gasteiger partial charge >= 0.3 is 6.18 Å². The molecule has 1 amide bonds. The summed E-state index contributed by atoms with van der Waals surface area (Å²) in [5.41, 5.74) is -2.96. The molecule has 0 saturated carbocycles. The van der Waals surface area contributed by atoms with Gasteiger partial charge in [-0.3, -0.25) is 9.48 Å². The number of furan rings is 1. The molecule has 126 valence electrons. The fraction of sp³-hybridized carbons (Fsp3) is 0.429. The van der Waals surface area contributed by atoms with Crippen molar-refractivity contribution in [2.24, 2.45) is 7.05 Å². The molecule has 2 heterocycles. The Morgan fingerprint density at radius 2 is 2.09 bits per heavy atom. The van der Waals surface area contributed by atoms with E-state index in [4.69, 9.17) is 4.42 Å². The smallest absolute Gasteiger partial charge is 0.424 e. The van der Waals surface area contributed by atoms with Crippen LogP contribution in [0.25, 0.3) is 0 Å². The molecular formula is C14H16F3N3O3. The van der Waals surface area contributed by atoms with Crippen molar-refractivity contribution < 1.29 is 27.5 Å². The molecule has 1 atom stereocenters. The normalized spacial score (nSPS) is 14.5. The van der Waals surface area contributed by atoms with Crippen molar-refractivity contribution in [2.75, 3.05) is 6.54 Å². The highest BCUT2D eigenvalue weighted by Crippen LogP contribution is 2.41. The molecule has 1 unspecified atom stereocenters. The van der Waals surface area contributed by atoms with Crippen LogP contribution in [0.5, 0.6) is 0 Å². The van der Waals surface area contributed by atoms with E-state index in [0.717, 1.165) is 6.07 Å². The van der Waals surface area contributed by atoms with Crippen LogP contribution < -0.4 is 5.32 Å². The van der Waals surface area contributed by atoms with Gasteiger partial charge in [-0.2, -0.15) is 18.3 Å². The van der Waals surface area contributed by atoms with Gasteiger partial charge in [0.15, 0.2) is 0 Å². The first-order valence-electron chi connectivity index (χ1n) is 6.77. The highest BCUT2D eigenvalue weighted by molar-refractivity contribution is 5.92. The van der Waals surface area contributed by atoms with E-state index >= 15 is 0 Å². The number of carbonyl (C=O) groups is 1. The minimum atomic E-state index is -4.94. The average molecular weight is 331 g/mol. The lowest BCUT2D eigenvalue weighted by Gasteiger charge is -2.28. The van der Waals surface area contributed by atoms with Crippen molar-refractivity contribution in [3.8, 4) is 0 Å². The molecule has 9 heteroatoms. The van der Waals surface area contributed by atoms with Crippen LogP contribution in [0.2, 0.25) is 0 Å². The van der Waals surface area contributed by atoms with E-state index in [0.29, 0.717) is 0 Å². The number of nitrogens with zero attached hydrogens (tertiary/aromatic N) is 2. The fourth-order valence-electron chi connectivity index (χ4n) is 2.11. The zero-order valence-corrected chi connectivity index (χ0v) is 12.5. The summed E-state index contributed by atoms with van der Waals surface area (Å²) in [4.78, 5) is 11.8. The van der Waals surface area contributed by atoms with E-state index in [1.54, 1.807) is 0 Å². The zero-order valence-electron chi connectivity index (χ0n) is 12.5. The molecule has 2 N–H and O–H groups in total. The minimum absolute atomic E-state index is 0.203. The Balaban J connectivity index is 2.08. The fourth-order valence-corrected chi connectivity index (χ4v) is 2.11. The molecule has 23 heavy (non-hydrogen) atoms. The molecule has 0 aliphatic carbocycles. The number of hydrogen-bond acceptors (Lipinski definition) is 4. The third-order valence-corrected chi connectivity index (χ3v) is 3.44. The minimum Gasteiger partial charge on any atom is -0.463 e. The molecule has 0 bridgehead atoms. The third-order valence-electron chi connectivity index (χ3n) is 3.44. The Kier molecular flexibility index (Phi) is 4.51. The monoisotopic (exact) mass is 331 g/mol. The van der Waals surface area contributed by atoms with Gasteiger partial charge in [0.2, 0.25) is 5.60 Å². The van der Waals surface area contributed by atoms with Crippen molar-refractivity contribution in [1.82, 2.24) is 15.1 Å². The second-order valence-electron chi connectivity index (χ2n) is 5.11. The predicted octanol–water partition coefficient (Wildman–Crippen LogP) is 1.89. The lowest BCUT2D eigenvalue weighted by molar-refractivity contribution is -0.274. The van der Waals surface area contributed by atoms with E-state index < -0.39 is 29.9 Å². The molecule has 0 aromatic carbocycles. The van der Waals surface area contributed by atoms with Crippen molar-refractivity contribution in [3.05, 3.63) is 41.6 Å². The lowest BCUT2D eigenvalue weighted by Crippen LogP contribution is -2.44. The molecule has 0 fully saturated rings. The summed E-state index contributed by atoms with van der Waals surface area (Å²) in [7, 11) is 1.53. The van der Waals surface area contributed by atoms with Crippen LogP contribution >= 0.6 is 0 Å². The Hall–Kier alpha value is -2.29. The maximum Gasteiger partial charge on any atom is 0.424 e. The molecule has 0 aliphatic rings. The first-order chi connectivity index (χ1) is 10.6. The quantitative estimate of drug-likeness (QED) is 0.877. The van der Waals surface area contributed by atoms with Crippen molar-refractivity contribution in [3.63, 3.8) is 0 Å². The second kappa shape index (κ2) is 6.07. The SMILES string of the molecule is Cc1ccc(C(O)(CCNC(=O)c2ccnn2C)C(F)(F)F)o1. The van der Waals surface area contributed by atoms with Crippen LogP contribution in [0.15, 0.2) is 28.8 Å². The summed E-state index contributed by atoms with van der Waals surface area (Å²) in [5, 5.41) is 16.2. The first-order valence-corrected chi connectivity index (χ1v) is 6.77. The number of alkyl halides is 3. The highest BCUT2D eigenvalue weighted by Gasteiger charge is 2.56. The first kappa shape index (κ1) is 17.1. The molecule has 2 aromatic rings. The topological polar surface area (TPSA) is 80.3 Å². The van der Waals surface area contributed by atoms with Crippen molar-refractivity contribution >= 4 is 5.91 Å². The van der Waals surface area contributed by atoms with E-state index in [1.165, 1.54) is 37.0 Å². The zero-order chi connectivity index (χ0) is 17.3. The van der Waals surface area contributed by atoms with Crippen molar-refractivity contribution in [1.29, 1.82) is 0 Å². The molecular weight excluding hydrogens is 315 g/mol. The molecule has 0 aliphatic heterocycles. The van der Waals surface area contributed by atoms with Gasteiger partial charge in [-0.05, 0) is 25.1 Å². The summed E-state index contributed by atoms with van der Waals surface area (Å²) < 4.78 is 45.9. The highest BCUT2D eigenvalue weighted by atomic mass is 19.4. The van der Waals surface area contributed by atoms with Crippen LogP contribution in [0.3, 0.4) is 0 Å². The third kappa shape index (κ3) is 3.39. The largest absolute Gasteiger partial charge is 0.463 e. The molecule has 2 aromatic heterocycles. The Labute approximate surface area is 129 Å². The number of nitrogens with one attached hydrogen (secondary N) is 1. The number of amides is 1. The van der Waals surface area contributed by atoms with Crippen LogP contribution in [0.4, 0.5) is 13.2 Å². The molecule has 0 spiro atoms. The number of carbonyl (C=O) groups excluding carboxylic acids is 1. The van der Waals surface area contributed by atoms with Gasteiger partial charge in [0.25, 0.3) is 5.91 Å².